The Morgan fingerprint density at radius 1 is 0.789 bits per heavy atom. The lowest BCUT2D eigenvalue weighted by Crippen LogP contribution is -2.53. The normalized spacial score (nSPS) is 26.8. The number of carbonyl (C=O) groups excluding carboxylic acids is 4. The van der Waals surface area contributed by atoms with Crippen molar-refractivity contribution < 1.29 is 38.5 Å². The Morgan fingerprint density at radius 3 is 2.09 bits per heavy atom. The number of amides is 4. The molecule has 4 fully saturated rings. The molecule has 0 aromatic heterocycles. The Labute approximate surface area is 330 Å². The van der Waals surface area contributed by atoms with E-state index >= 15 is 4.79 Å². The molecule has 4 aromatic carbocycles. The molecule has 4 amide bonds. The maximum absolute atomic E-state index is 15.5. The smallest absolute Gasteiger partial charge is 0.260 e. The molecule has 3 saturated heterocycles. The van der Waals surface area contributed by atoms with Crippen LogP contribution in [0.15, 0.2) is 103 Å². The number of anilines is 3. The largest absolute Gasteiger partial charge is 0.502 e. The van der Waals surface area contributed by atoms with E-state index < -0.39 is 46.8 Å². The summed E-state index contributed by atoms with van der Waals surface area (Å²) in [5.41, 5.74) is 6.70. The second kappa shape index (κ2) is 14.1. The quantitative estimate of drug-likeness (QED) is 0.169. The molecule has 2 aliphatic carbocycles. The molecule has 2 N–H and O–H groups in total. The number of hydrogen-bond acceptors (Lipinski definition) is 10. The zero-order chi connectivity index (χ0) is 39.6. The van der Waals surface area contributed by atoms with Crippen molar-refractivity contribution in [2.45, 2.75) is 31.1 Å². The highest BCUT2D eigenvalue weighted by Gasteiger charge is 2.70. The van der Waals surface area contributed by atoms with E-state index in [2.05, 4.69) is 10.3 Å². The molecule has 6 atom stereocenters. The van der Waals surface area contributed by atoms with Gasteiger partial charge in [0.1, 0.15) is 0 Å². The lowest BCUT2D eigenvalue weighted by molar-refractivity contribution is -0.138. The predicted molar refractivity (Wildman–Crippen MR) is 212 cm³/mol. The van der Waals surface area contributed by atoms with Gasteiger partial charge in [-0.15, -0.1) is 0 Å². The monoisotopic (exact) mass is 768 g/mol. The summed E-state index contributed by atoms with van der Waals surface area (Å²) in [4.78, 5) is 63.1. The molecule has 12 nitrogen and oxygen atoms in total. The van der Waals surface area contributed by atoms with Crippen molar-refractivity contribution in [3.05, 3.63) is 119 Å². The van der Waals surface area contributed by atoms with Crippen LogP contribution in [0, 0.1) is 30.6 Å². The van der Waals surface area contributed by atoms with Crippen LogP contribution < -0.4 is 24.7 Å². The number of benzene rings is 4. The number of nitrogens with zero attached hydrogens (tertiary/aromatic N) is 3. The Balaban J connectivity index is 1.19. The van der Waals surface area contributed by atoms with E-state index in [0.29, 0.717) is 35.7 Å². The molecule has 1 saturated carbocycles. The topological polar surface area (TPSA) is 138 Å². The van der Waals surface area contributed by atoms with Gasteiger partial charge in [-0.05, 0) is 85.3 Å². The standard InChI is InChI=1S/C45H44N4O8/c1-26-9-11-29(12-10-26)46-49-42(52)35-25-34-32(17-18-33-38(34)43(53)48(41(33)51)31-15-13-30(14-16-31)47-19-21-57-22-20-47)39(27-23-36(55-2)40(50)37(24-27)56-3)45(35,44(49)54)28-7-5-4-6-8-28/h4-17,23-24,33-35,38-39,46,50H,18-22,25H2,1-3H3/t33-,34+,35-,38-,39-,45+/m0/s1. The van der Waals surface area contributed by atoms with Crippen molar-refractivity contribution in [3.8, 4) is 17.2 Å². The minimum absolute atomic E-state index is 0.130. The zero-order valence-electron chi connectivity index (χ0n) is 32.0. The van der Waals surface area contributed by atoms with Gasteiger partial charge in [0, 0.05) is 24.7 Å². The fraction of sp³-hybridized carbons (Fsp3) is 0.333. The minimum atomic E-state index is -1.49. The number of carbonyl (C=O) groups is 4. The van der Waals surface area contributed by atoms with E-state index in [1.807, 2.05) is 91.9 Å². The second-order valence-corrected chi connectivity index (χ2v) is 15.5. The first-order valence-corrected chi connectivity index (χ1v) is 19.4. The molecule has 0 radical (unpaired) electrons. The van der Waals surface area contributed by atoms with Crippen molar-refractivity contribution in [1.29, 1.82) is 0 Å². The van der Waals surface area contributed by atoms with Crippen molar-refractivity contribution in [3.63, 3.8) is 0 Å². The number of rotatable bonds is 8. The number of aromatic hydroxyl groups is 1. The second-order valence-electron chi connectivity index (χ2n) is 15.5. The Morgan fingerprint density at radius 2 is 1.44 bits per heavy atom. The van der Waals surface area contributed by atoms with Crippen LogP contribution in [-0.2, 0) is 29.3 Å². The van der Waals surface area contributed by atoms with E-state index in [1.165, 1.54) is 19.1 Å². The maximum Gasteiger partial charge on any atom is 0.260 e. The van der Waals surface area contributed by atoms with Crippen molar-refractivity contribution in [2.75, 3.05) is 55.7 Å². The van der Waals surface area contributed by atoms with E-state index in [0.717, 1.165) is 34.9 Å². The van der Waals surface area contributed by atoms with E-state index in [-0.39, 0.29) is 41.9 Å². The van der Waals surface area contributed by atoms with E-state index in [9.17, 15) is 19.5 Å². The van der Waals surface area contributed by atoms with Crippen molar-refractivity contribution in [1.82, 2.24) is 5.01 Å². The van der Waals surface area contributed by atoms with Gasteiger partial charge in [-0.1, -0.05) is 59.7 Å². The summed E-state index contributed by atoms with van der Waals surface area (Å²) in [5.74, 6) is -5.16. The molecule has 9 rings (SSSR count). The van der Waals surface area contributed by atoms with Crippen LogP contribution >= 0.6 is 0 Å². The lowest BCUT2D eigenvalue weighted by atomic mass is 9.49. The fourth-order valence-corrected chi connectivity index (χ4v) is 10.1. The molecule has 3 heterocycles. The van der Waals surface area contributed by atoms with Crippen LogP contribution in [0.2, 0.25) is 0 Å². The van der Waals surface area contributed by atoms with Crippen LogP contribution in [0.5, 0.6) is 17.2 Å². The summed E-state index contributed by atoms with van der Waals surface area (Å²) >= 11 is 0. The molecule has 0 spiro atoms. The van der Waals surface area contributed by atoms with Crippen molar-refractivity contribution >= 4 is 40.7 Å². The van der Waals surface area contributed by atoms with Gasteiger partial charge >= 0.3 is 0 Å². The number of methoxy groups -OCH3 is 2. The number of phenolic OH excluding ortho intramolecular Hbond substituents is 1. The molecule has 0 bridgehead atoms. The van der Waals surface area contributed by atoms with Gasteiger partial charge in [0.25, 0.3) is 11.8 Å². The van der Waals surface area contributed by atoms with Gasteiger partial charge < -0.3 is 24.2 Å². The summed E-state index contributed by atoms with van der Waals surface area (Å²) in [6, 6.07) is 27.6. The first-order valence-electron chi connectivity index (χ1n) is 19.4. The van der Waals surface area contributed by atoms with Gasteiger partial charge in [-0.25, -0.2) is 0 Å². The number of allylic oxidation sites excluding steroid dienone is 2. The number of ether oxygens (including phenoxy) is 3. The Kier molecular flexibility index (Phi) is 9.03. The highest BCUT2D eigenvalue weighted by atomic mass is 16.5. The summed E-state index contributed by atoms with van der Waals surface area (Å²) in [7, 11) is 2.87. The van der Waals surface area contributed by atoms with Crippen LogP contribution in [0.25, 0.3) is 0 Å². The number of hydrogen-bond donors (Lipinski definition) is 2. The van der Waals surface area contributed by atoms with E-state index in [4.69, 9.17) is 14.2 Å². The van der Waals surface area contributed by atoms with Gasteiger partial charge in [-0.2, -0.15) is 5.01 Å². The predicted octanol–water partition coefficient (Wildman–Crippen LogP) is 5.74. The Bertz CT molecular complexity index is 2260. The number of hydrazine groups is 1. The van der Waals surface area contributed by atoms with Crippen LogP contribution in [0.1, 0.15) is 35.4 Å². The van der Waals surface area contributed by atoms with Crippen LogP contribution in [0.3, 0.4) is 0 Å². The lowest BCUT2D eigenvalue weighted by Gasteiger charge is -2.50. The zero-order valence-corrected chi connectivity index (χ0v) is 32.0. The van der Waals surface area contributed by atoms with Gasteiger partial charge in [0.15, 0.2) is 11.5 Å². The van der Waals surface area contributed by atoms with Crippen molar-refractivity contribution in [2.24, 2.45) is 23.7 Å². The third kappa shape index (κ3) is 5.60. The molecule has 0 unspecified atom stereocenters. The summed E-state index contributed by atoms with van der Waals surface area (Å²) in [5, 5.41) is 12.2. The molecular formula is C45H44N4O8. The number of morpholine rings is 1. The highest BCUT2D eigenvalue weighted by molar-refractivity contribution is 6.22. The molecule has 5 aliphatic rings. The number of nitrogens with one attached hydrogen (secondary N) is 1. The third-order valence-electron chi connectivity index (χ3n) is 12.7. The number of aryl methyl sites for hydroxylation is 1. The molecule has 4 aromatic rings. The summed E-state index contributed by atoms with van der Waals surface area (Å²) in [6.07, 6.45) is 2.44. The molecule has 12 heteroatoms. The number of imide groups is 2. The highest BCUT2D eigenvalue weighted by Crippen LogP contribution is 2.65. The average molecular weight is 769 g/mol. The van der Waals surface area contributed by atoms with Gasteiger partial charge in [-0.3, -0.25) is 29.5 Å². The SMILES string of the molecule is COc1cc([C@H]2C3=CC[C@@H]4C(=O)N(c5ccc(N6CCOCC6)cc5)C(=O)[C@@H]4[C@@H]3C[C@H]3C(=O)N(Nc4ccc(C)cc4)C(=O)[C@@]23c2ccccc2)cc(OC)c1O. The summed E-state index contributed by atoms with van der Waals surface area (Å²) in [6.45, 7) is 4.74. The molecule has 57 heavy (non-hydrogen) atoms. The van der Waals surface area contributed by atoms with Crippen LogP contribution in [0.4, 0.5) is 17.1 Å². The van der Waals surface area contributed by atoms with Crippen LogP contribution in [-0.4, -0.2) is 74.3 Å². The number of phenols is 1. The third-order valence-corrected chi connectivity index (χ3v) is 12.7. The first kappa shape index (κ1) is 36.5. The minimum Gasteiger partial charge on any atom is -0.502 e. The first-order chi connectivity index (χ1) is 27.7. The molecular weight excluding hydrogens is 725 g/mol. The summed E-state index contributed by atoms with van der Waals surface area (Å²) < 4.78 is 16.8. The van der Waals surface area contributed by atoms with Gasteiger partial charge in [0.2, 0.25) is 17.6 Å². The van der Waals surface area contributed by atoms with E-state index in [1.54, 1.807) is 12.1 Å². The fourth-order valence-electron chi connectivity index (χ4n) is 10.1. The molecule has 292 valence electrons. The average Bonchev–Trinajstić information content (AvgIpc) is 3.63. The number of fused-ring (bicyclic) bond motifs is 4. The molecule has 3 aliphatic heterocycles. The Hall–Kier alpha value is -6.14. The van der Waals surface area contributed by atoms with Gasteiger partial charge in [0.05, 0.1) is 62.0 Å². The maximum atomic E-state index is 15.5.